The largest absolute Gasteiger partial charge is 0.396 e. The zero-order chi connectivity index (χ0) is 16.4. The molecule has 1 heterocycles. The molecule has 1 saturated heterocycles. The molecule has 1 rings (SSSR count). The van der Waals surface area contributed by atoms with Crippen LogP contribution >= 0.6 is 0 Å². The van der Waals surface area contributed by atoms with Gasteiger partial charge in [-0.15, -0.1) is 0 Å². The molecule has 1 fully saturated rings. The molecule has 1 aliphatic rings. The number of hydrogen-bond acceptors (Lipinski definition) is 4. The Labute approximate surface area is 130 Å². The second kappa shape index (κ2) is 10.1. The summed E-state index contributed by atoms with van der Waals surface area (Å²) in [4.78, 5) is 9.95. The van der Waals surface area contributed by atoms with E-state index >= 15 is 0 Å². The number of amides is 1. The molecule has 0 bridgehead atoms. The monoisotopic (exact) mass is 317 g/mol. The maximum absolute atomic E-state index is 9.95. The van der Waals surface area contributed by atoms with E-state index in [0.717, 1.165) is 25.3 Å². The molecule has 1 N–H and O–H groups in total. The average Bonchev–Trinajstić information content (AvgIpc) is 2.55. The van der Waals surface area contributed by atoms with Crippen molar-refractivity contribution in [1.29, 1.82) is 0 Å². The Morgan fingerprint density at radius 3 is 2.29 bits per heavy atom. The minimum absolute atomic E-state index is 0.122. The molecular formula is C15H31NO4Si. The van der Waals surface area contributed by atoms with Crippen LogP contribution < -0.4 is 5.32 Å². The number of hydrogen-bond donors (Lipinski definition) is 1. The molecule has 1 atom stereocenters. The maximum atomic E-state index is 9.95. The molecule has 0 radical (unpaired) electrons. The smallest absolute Gasteiger partial charge is 0.370 e. The van der Waals surface area contributed by atoms with Gasteiger partial charge in [0.15, 0.2) is 0 Å². The van der Waals surface area contributed by atoms with Crippen molar-refractivity contribution in [2.24, 2.45) is 0 Å². The molecule has 0 aromatic heterocycles. The van der Waals surface area contributed by atoms with Crippen LogP contribution in [0.3, 0.4) is 0 Å². The molecule has 0 aromatic carbocycles. The highest BCUT2D eigenvalue weighted by Crippen LogP contribution is 2.42. The Hall–Kier alpha value is -0.693. The molecule has 5 nitrogen and oxygen atoms in total. The summed E-state index contributed by atoms with van der Waals surface area (Å²) in [5, 5.41) is 2.24. The first kappa shape index (κ1) is 20.3. The molecule has 124 valence electrons. The summed E-state index contributed by atoms with van der Waals surface area (Å²) in [6.07, 6.45) is 6.93. The van der Waals surface area contributed by atoms with Gasteiger partial charge in [-0.25, -0.2) is 0 Å². The van der Waals surface area contributed by atoms with Gasteiger partial charge in [-0.1, -0.05) is 32.8 Å². The summed E-state index contributed by atoms with van der Waals surface area (Å²) in [5.41, 5.74) is 0. The van der Waals surface area contributed by atoms with Crippen LogP contribution in [0.15, 0.2) is 12.7 Å². The number of carbonyl (C=O) groups is 1. The van der Waals surface area contributed by atoms with Crippen LogP contribution in [0.5, 0.6) is 0 Å². The third-order valence-corrected chi connectivity index (χ3v) is 8.59. The van der Waals surface area contributed by atoms with Gasteiger partial charge in [0.2, 0.25) is 5.91 Å². The molecule has 21 heavy (non-hydrogen) atoms. The van der Waals surface area contributed by atoms with E-state index in [0.29, 0.717) is 0 Å². The third-order valence-electron chi connectivity index (χ3n) is 4.17. The number of likely N-dealkylation sites (N-methyl/N-ethyl adjacent to an activating group) is 1. The van der Waals surface area contributed by atoms with Gasteiger partial charge in [-0.05, 0) is 25.0 Å². The standard InChI is InChI=1S/C11H24O3Si.C4H7NO/c1-5-8-11(12-2)9-6-7-10-15(11,13-3)14-4;1-3-4(6)5-2/h5-10H2,1-4H3;3H,1H2,2H3,(H,5,6). The molecule has 1 aliphatic heterocycles. The maximum Gasteiger partial charge on any atom is 0.370 e. The summed E-state index contributed by atoms with van der Waals surface area (Å²) in [6, 6.07) is 1.06. The molecule has 0 aromatic rings. The zero-order valence-corrected chi connectivity index (χ0v) is 15.2. The Kier molecular flexibility index (Phi) is 9.77. The minimum atomic E-state index is -2.15. The van der Waals surface area contributed by atoms with E-state index in [4.69, 9.17) is 13.6 Å². The Morgan fingerprint density at radius 1 is 1.33 bits per heavy atom. The summed E-state index contributed by atoms with van der Waals surface area (Å²) >= 11 is 0. The van der Waals surface area contributed by atoms with Gasteiger partial charge in [0, 0.05) is 28.4 Å². The highest BCUT2D eigenvalue weighted by atomic mass is 28.4. The van der Waals surface area contributed by atoms with Crippen molar-refractivity contribution >= 4 is 14.5 Å². The van der Waals surface area contributed by atoms with Crippen molar-refractivity contribution in [3.05, 3.63) is 12.7 Å². The second-order valence-electron chi connectivity index (χ2n) is 5.14. The van der Waals surface area contributed by atoms with E-state index in [9.17, 15) is 4.79 Å². The van der Waals surface area contributed by atoms with E-state index in [-0.39, 0.29) is 11.1 Å². The lowest BCUT2D eigenvalue weighted by Crippen LogP contribution is -2.64. The van der Waals surface area contributed by atoms with Crippen LogP contribution in [0.2, 0.25) is 6.04 Å². The SMILES string of the molecule is C=CC(=O)NC.CCCC1(OC)CCCC[Si]1(OC)OC. The van der Waals surface area contributed by atoms with Crippen molar-refractivity contribution in [2.45, 2.75) is 50.3 Å². The van der Waals surface area contributed by atoms with Crippen LogP contribution in [-0.4, -0.2) is 48.1 Å². The van der Waals surface area contributed by atoms with Gasteiger partial charge < -0.3 is 18.9 Å². The van der Waals surface area contributed by atoms with Gasteiger partial charge in [0.05, 0.1) is 0 Å². The van der Waals surface area contributed by atoms with Crippen molar-refractivity contribution in [1.82, 2.24) is 5.32 Å². The fourth-order valence-electron chi connectivity index (χ4n) is 3.03. The average molecular weight is 318 g/mol. The quantitative estimate of drug-likeness (QED) is 0.604. The first-order valence-corrected chi connectivity index (χ1v) is 9.53. The Balaban J connectivity index is 0.000000567. The molecule has 0 aliphatic carbocycles. The summed E-state index contributed by atoms with van der Waals surface area (Å²) in [5.74, 6) is -0.144. The molecular weight excluding hydrogens is 286 g/mol. The third kappa shape index (κ3) is 4.91. The lowest BCUT2D eigenvalue weighted by atomic mass is 10.1. The number of carbonyl (C=O) groups excluding carboxylic acids is 1. The normalized spacial score (nSPS) is 23.7. The van der Waals surface area contributed by atoms with Crippen molar-refractivity contribution in [3.8, 4) is 0 Å². The highest BCUT2D eigenvalue weighted by molar-refractivity contribution is 6.70. The van der Waals surface area contributed by atoms with E-state index < -0.39 is 8.56 Å². The Morgan fingerprint density at radius 2 is 1.95 bits per heavy atom. The molecule has 6 heteroatoms. The van der Waals surface area contributed by atoms with Crippen LogP contribution in [0.25, 0.3) is 0 Å². The minimum Gasteiger partial charge on any atom is -0.396 e. The van der Waals surface area contributed by atoms with Gasteiger partial charge in [0.25, 0.3) is 0 Å². The lowest BCUT2D eigenvalue weighted by molar-refractivity contribution is -0.116. The first-order chi connectivity index (χ1) is 10.0. The number of nitrogens with one attached hydrogen (secondary N) is 1. The van der Waals surface area contributed by atoms with Crippen LogP contribution in [0, 0.1) is 0 Å². The van der Waals surface area contributed by atoms with Crippen molar-refractivity contribution < 1.29 is 18.4 Å². The Bertz CT molecular complexity index is 317. The van der Waals surface area contributed by atoms with Gasteiger partial charge in [-0.2, -0.15) is 0 Å². The molecule has 0 spiro atoms. The fourth-order valence-corrected chi connectivity index (χ4v) is 7.02. The van der Waals surface area contributed by atoms with E-state index in [1.54, 1.807) is 28.4 Å². The number of methoxy groups -OCH3 is 1. The number of rotatable bonds is 6. The summed E-state index contributed by atoms with van der Waals surface area (Å²) in [7, 11) is 4.78. The van der Waals surface area contributed by atoms with Crippen molar-refractivity contribution in [2.75, 3.05) is 28.4 Å². The molecule has 1 amide bonds. The van der Waals surface area contributed by atoms with Gasteiger partial charge >= 0.3 is 8.56 Å². The molecule has 1 unspecified atom stereocenters. The van der Waals surface area contributed by atoms with Crippen LogP contribution in [0.4, 0.5) is 0 Å². The topological polar surface area (TPSA) is 56.8 Å². The molecule has 0 saturated carbocycles. The summed E-state index contributed by atoms with van der Waals surface area (Å²) < 4.78 is 17.4. The van der Waals surface area contributed by atoms with E-state index in [1.165, 1.54) is 18.9 Å². The van der Waals surface area contributed by atoms with E-state index in [1.807, 2.05) is 0 Å². The second-order valence-corrected chi connectivity index (χ2v) is 8.87. The van der Waals surface area contributed by atoms with Gasteiger partial charge in [-0.3, -0.25) is 4.79 Å². The summed E-state index contributed by atoms with van der Waals surface area (Å²) in [6.45, 7) is 5.41. The zero-order valence-electron chi connectivity index (χ0n) is 14.2. The lowest BCUT2D eigenvalue weighted by Gasteiger charge is -2.47. The predicted octanol–water partition coefficient (Wildman–Crippen LogP) is 2.55. The van der Waals surface area contributed by atoms with Crippen LogP contribution in [-0.2, 0) is 18.4 Å². The van der Waals surface area contributed by atoms with Gasteiger partial charge in [0.1, 0.15) is 5.22 Å². The predicted molar refractivity (Wildman–Crippen MR) is 87.3 cm³/mol. The highest BCUT2D eigenvalue weighted by Gasteiger charge is 2.58. The van der Waals surface area contributed by atoms with E-state index in [2.05, 4.69) is 18.8 Å². The fraction of sp³-hybridized carbons (Fsp3) is 0.800. The van der Waals surface area contributed by atoms with Crippen molar-refractivity contribution in [3.63, 3.8) is 0 Å². The first-order valence-electron chi connectivity index (χ1n) is 7.51. The van der Waals surface area contributed by atoms with Crippen LogP contribution in [0.1, 0.15) is 39.0 Å². The number of ether oxygens (including phenoxy) is 1.